The van der Waals surface area contributed by atoms with Crippen molar-refractivity contribution in [1.82, 2.24) is 10.1 Å². The molecule has 0 radical (unpaired) electrons. The zero-order valence-corrected chi connectivity index (χ0v) is 11.8. The Morgan fingerprint density at radius 3 is 3.10 bits per heavy atom. The first-order chi connectivity index (χ1) is 9.58. The number of carbonyl (C=O) groups excluding carboxylic acids is 1. The maximum absolute atomic E-state index is 11.9. The number of aromatic nitrogens is 1. The maximum Gasteiger partial charge on any atom is 0.240 e. The minimum atomic E-state index is -0.214. The number of hydrogen-bond donors (Lipinski definition) is 2. The molecule has 1 aliphatic rings. The number of aliphatic hydroxyl groups excluding tert-OH is 1. The van der Waals surface area contributed by atoms with Crippen LogP contribution in [0, 0.1) is 0 Å². The van der Waals surface area contributed by atoms with Crippen molar-refractivity contribution in [3.8, 4) is 0 Å². The van der Waals surface area contributed by atoms with E-state index < -0.39 is 0 Å². The predicted octanol–water partition coefficient (Wildman–Crippen LogP) is 0.430. The highest BCUT2D eigenvalue weighted by molar-refractivity contribution is 5.90. The lowest BCUT2D eigenvalue weighted by Gasteiger charge is -2.31. The molecule has 0 aliphatic carbocycles. The second kappa shape index (κ2) is 6.83. The van der Waals surface area contributed by atoms with Gasteiger partial charge in [0.2, 0.25) is 11.8 Å². The lowest BCUT2D eigenvalue weighted by atomic mass is 10.1. The molecule has 1 unspecified atom stereocenters. The molecule has 20 heavy (non-hydrogen) atoms. The van der Waals surface area contributed by atoms with Crippen molar-refractivity contribution in [3.05, 3.63) is 11.8 Å². The third kappa shape index (κ3) is 4.03. The molecule has 1 fully saturated rings. The van der Waals surface area contributed by atoms with E-state index in [1.807, 2.05) is 18.7 Å². The minimum absolute atomic E-state index is 0.0298. The summed E-state index contributed by atoms with van der Waals surface area (Å²) in [6.45, 7) is 5.99. The van der Waals surface area contributed by atoms with Crippen LogP contribution in [0.3, 0.4) is 0 Å². The summed E-state index contributed by atoms with van der Waals surface area (Å²) in [6.07, 6.45) is -0.214. The number of morpholine rings is 1. The van der Waals surface area contributed by atoms with Crippen LogP contribution in [-0.2, 0) is 9.53 Å². The van der Waals surface area contributed by atoms with Crippen LogP contribution in [0.25, 0.3) is 0 Å². The summed E-state index contributed by atoms with van der Waals surface area (Å²) in [5, 5.41) is 15.6. The molecule has 0 spiro atoms. The molecular formula is C13H21N3O4. The average molecular weight is 283 g/mol. The first-order valence-electron chi connectivity index (χ1n) is 6.79. The summed E-state index contributed by atoms with van der Waals surface area (Å²) in [7, 11) is 0. The number of carbonyl (C=O) groups is 1. The van der Waals surface area contributed by atoms with Gasteiger partial charge < -0.3 is 14.4 Å². The molecule has 2 N–H and O–H groups in total. The van der Waals surface area contributed by atoms with Gasteiger partial charge in [0.25, 0.3) is 0 Å². The Kier molecular flexibility index (Phi) is 5.11. The zero-order valence-electron chi connectivity index (χ0n) is 11.8. The summed E-state index contributed by atoms with van der Waals surface area (Å²) in [4.78, 5) is 13.9. The van der Waals surface area contributed by atoms with E-state index in [9.17, 15) is 4.79 Å². The van der Waals surface area contributed by atoms with E-state index in [1.54, 1.807) is 6.07 Å². The molecule has 1 aliphatic heterocycles. The average Bonchev–Trinajstić information content (AvgIpc) is 2.87. The second-order valence-electron chi connectivity index (χ2n) is 5.23. The fourth-order valence-electron chi connectivity index (χ4n) is 2.03. The Hall–Kier alpha value is -1.44. The molecule has 1 saturated heterocycles. The number of ether oxygens (including phenoxy) is 1. The maximum atomic E-state index is 11.9. The molecule has 112 valence electrons. The predicted molar refractivity (Wildman–Crippen MR) is 72.5 cm³/mol. The smallest absolute Gasteiger partial charge is 0.240 e. The van der Waals surface area contributed by atoms with Crippen molar-refractivity contribution in [2.45, 2.75) is 25.9 Å². The van der Waals surface area contributed by atoms with Crippen molar-refractivity contribution in [2.24, 2.45) is 0 Å². The van der Waals surface area contributed by atoms with Crippen LogP contribution in [0.5, 0.6) is 0 Å². The highest BCUT2D eigenvalue weighted by Crippen LogP contribution is 2.17. The number of nitrogens with zero attached hydrogens (tertiary/aromatic N) is 2. The minimum Gasteiger partial charge on any atom is -0.394 e. The summed E-state index contributed by atoms with van der Waals surface area (Å²) < 4.78 is 10.4. The van der Waals surface area contributed by atoms with Crippen molar-refractivity contribution in [3.63, 3.8) is 0 Å². The lowest BCUT2D eigenvalue weighted by Crippen LogP contribution is -2.46. The Morgan fingerprint density at radius 1 is 1.65 bits per heavy atom. The Balaban J connectivity index is 1.82. The second-order valence-corrected chi connectivity index (χ2v) is 5.23. The van der Waals surface area contributed by atoms with Gasteiger partial charge in [-0.05, 0) is 5.92 Å². The lowest BCUT2D eigenvalue weighted by molar-refractivity contribution is -0.120. The van der Waals surface area contributed by atoms with Crippen LogP contribution in [0.15, 0.2) is 10.6 Å². The molecular weight excluding hydrogens is 262 g/mol. The van der Waals surface area contributed by atoms with Gasteiger partial charge in [-0.3, -0.25) is 15.0 Å². The number of anilines is 1. The molecule has 2 rings (SSSR count). The standard InChI is InChI=1S/C13H21N3O4/c1-9(2)11-5-13(20-15-11)14-12(18)7-16-3-4-19-10(6-16)8-17/h5,9-10,17H,3-4,6-8H2,1-2H3,(H,14,18). The fourth-order valence-corrected chi connectivity index (χ4v) is 2.03. The molecule has 0 aromatic carbocycles. The van der Waals surface area contributed by atoms with Crippen LogP contribution in [0.2, 0.25) is 0 Å². The van der Waals surface area contributed by atoms with Gasteiger partial charge in [0.05, 0.1) is 31.6 Å². The van der Waals surface area contributed by atoms with Gasteiger partial charge in [-0.1, -0.05) is 19.0 Å². The van der Waals surface area contributed by atoms with E-state index in [0.717, 1.165) is 5.69 Å². The van der Waals surface area contributed by atoms with E-state index >= 15 is 0 Å². The molecule has 7 nitrogen and oxygen atoms in total. The first-order valence-corrected chi connectivity index (χ1v) is 6.79. The molecule has 7 heteroatoms. The topological polar surface area (TPSA) is 87.8 Å². The van der Waals surface area contributed by atoms with Crippen LogP contribution in [0.1, 0.15) is 25.5 Å². The van der Waals surface area contributed by atoms with Crippen molar-refractivity contribution >= 4 is 11.8 Å². The third-order valence-corrected chi connectivity index (χ3v) is 3.18. The van der Waals surface area contributed by atoms with Gasteiger partial charge in [-0.15, -0.1) is 0 Å². The van der Waals surface area contributed by atoms with E-state index in [0.29, 0.717) is 25.6 Å². The van der Waals surface area contributed by atoms with E-state index in [2.05, 4.69) is 10.5 Å². The fraction of sp³-hybridized carbons (Fsp3) is 0.692. The van der Waals surface area contributed by atoms with Crippen molar-refractivity contribution in [2.75, 3.05) is 38.2 Å². The largest absolute Gasteiger partial charge is 0.394 e. The number of amides is 1. The van der Waals surface area contributed by atoms with Gasteiger partial charge in [-0.25, -0.2) is 0 Å². The molecule has 1 aromatic rings. The van der Waals surface area contributed by atoms with Gasteiger partial charge in [0.1, 0.15) is 0 Å². The van der Waals surface area contributed by atoms with Gasteiger partial charge in [-0.2, -0.15) is 0 Å². The summed E-state index contributed by atoms with van der Waals surface area (Å²) in [5.74, 6) is 0.467. The summed E-state index contributed by atoms with van der Waals surface area (Å²) in [5.41, 5.74) is 0.812. The van der Waals surface area contributed by atoms with Gasteiger partial charge >= 0.3 is 0 Å². The normalized spacial score (nSPS) is 20.3. The zero-order chi connectivity index (χ0) is 14.5. The summed E-state index contributed by atoms with van der Waals surface area (Å²) >= 11 is 0. The SMILES string of the molecule is CC(C)c1cc(NC(=O)CN2CCOC(CO)C2)on1. The molecule has 2 heterocycles. The number of hydrogen-bond acceptors (Lipinski definition) is 6. The molecule has 1 aromatic heterocycles. The van der Waals surface area contributed by atoms with Crippen LogP contribution in [-0.4, -0.2) is 60.0 Å². The third-order valence-electron chi connectivity index (χ3n) is 3.18. The van der Waals surface area contributed by atoms with Gasteiger partial charge in [0.15, 0.2) is 0 Å². The number of aliphatic hydroxyl groups is 1. The molecule has 0 saturated carbocycles. The Bertz CT molecular complexity index is 447. The van der Waals surface area contributed by atoms with E-state index in [-0.39, 0.29) is 31.1 Å². The quantitative estimate of drug-likeness (QED) is 0.815. The summed E-state index contributed by atoms with van der Waals surface area (Å²) in [6, 6.07) is 1.73. The van der Waals surface area contributed by atoms with Crippen molar-refractivity contribution in [1.29, 1.82) is 0 Å². The highest BCUT2D eigenvalue weighted by atomic mass is 16.5. The first kappa shape index (κ1) is 15.0. The molecule has 0 bridgehead atoms. The van der Waals surface area contributed by atoms with E-state index in [1.165, 1.54) is 0 Å². The van der Waals surface area contributed by atoms with E-state index in [4.69, 9.17) is 14.4 Å². The Morgan fingerprint density at radius 2 is 2.45 bits per heavy atom. The van der Waals surface area contributed by atoms with Crippen LogP contribution >= 0.6 is 0 Å². The molecule has 1 atom stereocenters. The van der Waals surface area contributed by atoms with Gasteiger partial charge in [0, 0.05) is 19.2 Å². The van der Waals surface area contributed by atoms with Crippen LogP contribution in [0.4, 0.5) is 5.88 Å². The highest BCUT2D eigenvalue weighted by Gasteiger charge is 2.22. The monoisotopic (exact) mass is 283 g/mol. The number of rotatable bonds is 5. The molecule has 1 amide bonds. The Labute approximate surface area is 117 Å². The van der Waals surface area contributed by atoms with Crippen LogP contribution < -0.4 is 5.32 Å². The van der Waals surface area contributed by atoms with Crippen molar-refractivity contribution < 1.29 is 19.2 Å². The number of nitrogens with one attached hydrogen (secondary N) is 1.